The molecule has 0 spiro atoms. The lowest BCUT2D eigenvalue weighted by molar-refractivity contribution is 0.108. The summed E-state index contributed by atoms with van der Waals surface area (Å²) in [4.78, 5) is 4.42. The molecule has 3 rings (SSSR count). The van der Waals surface area contributed by atoms with E-state index in [1.165, 1.54) is 0 Å². The average molecular weight is 259 g/mol. The van der Waals surface area contributed by atoms with Gasteiger partial charge in [-0.25, -0.2) is 4.98 Å². The van der Waals surface area contributed by atoms with Gasteiger partial charge in [0.05, 0.1) is 30.6 Å². The number of aromatic nitrogens is 1. The summed E-state index contributed by atoms with van der Waals surface area (Å²) in [6, 6.07) is 2.30. The molecule has 1 saturated heterocycles. The normalized spacial score (nSPS) is 21.9. The molecular formula is C14H17N3O2. The SMILES string of the molecule is N#Cc1c(CC2CCCO2)nc(N)c2c1CCOC2. The molecule has 2 aliphatic rings. The number of nitrogens with zero attached hydrogens (tertiary/aromatic N) is 2. The van der Waals surface area contributed by atoms with Gasteiger partial charge in [0.1, 0.15) is 11.9 Å². The Morgan fingerprint density at radius 3 is 3.00 bits per heavy atom. The van der Waals surface area contributed by atoms with Gasteiger partial charge in [-0.3, -0.25) is 0 Å². The molecule has 0 bridgehead atoms. The predicted molar refractivity (Wildman–Crippen MR) is 69.4 cm³/mol. The number of anilines is 1. The van der Waals surface area contributed by atoms with Gasteiger partial charge in [-0.2, -0.15) is 5.26 Å². The zero-order valence-electron chi connectivity index (χ0n) is 10.8. The van der Waals surface area contributed by atoms with Crippen LogP contribution in [-0.4, -0.2) is 24.3 Å². The van der Waals surface area contributed by atoms with Crippen molar-refractivity contribution >= 4 is 5.82 Å². The highest BCUT2D eigenvalue weighted by atomic mass is 16.5. The first-order valence-corrected chi connectivity index (χ1v) is 6.69. The molecule has 0 radical (unpaired) electrons. The molecule has 5 heteroatoms. The summed E-state index contributed by atoms with van der Waals surface area (Å²) in [6.07, 6.45) is 3.72. The molecular weight excluding hydrogens is 242 g/mol. The summed E-state index contributed by atoms with van der Waals surface area (Å²) in [5, 5.41) is 9.43. The van der Waals surface area contributed by atoms with Crippen molar-refractivity contribution in [1.82, 2.24) is 4.98 Å². The van der Waals surface area contributed by atoms with Crippen LogP contribution in [0, 0.1) is 11.3 Å². The van der Waals surface area contributed by atoms with Crippen LogP contribution in [0.1, 0.15) is 35.2 Å². The third kappa shape index (κ3) is 2.29. The lowest BCUT2D eigenvalue weighted by Gasteiger charge is -2.21. The molecule has 0 saturated carbocycles. The second kappa shape index (κ2) is 5.16. The van der Waals surface area contributed by atoms with Crippen LogP contribution in [0.3, 0.4) is 0 Å². The first kappa shape index (κ1) is 12.4. The maximum atomic E-state index is 9.43. The van der Waals surface area contributed by atoms with Crippen molar-refractivity contribution in [2.24, 2.45) is 0 Å². The Bertz CT molecular complexity index is 530. The fraction of sp³-hybridized carbons (Fsp3) is 0.571. The summed E-state index contributed by atoms with van der Waals surface area (Å²) in [5.41, 5.74) is 9.38. The summed E-state index contributed by atoms with van der Waals surface area (Å²) in [7, 11) is 0. The largest absolute Gasteiger partial charge is 0.383 e. The van der Waals surface area contributed by atoms with Crippen molar-refractivity contribution < 1.29 is 9.47 Å². The van der Waals surface area contributed by atoms with Gasteiger partial charge < -0.3 is 15.2 Å². The van der Waals surface area contributed by atoms with Crippen molar-refractivity contribution in [2.75, 3.05) is 18.9 Å². The number of nitrogen functional groups attached to an aromatic ring is 1. The molecule has 3 heterocycles. The summed E-state index contributed by atoms with van der Waals surface area (Å²) < 4.78 is 11.0. The zero-order valence-corrected chi connectivity index (χ0v) is 10.8. The average Bonchev–Trinajstić information content (AvgIpc) is 2.92. The van der Waals surface area contributed by atoms with Gasteiger partial charge in [0.15, 0.2) is 0 Å². The van der Waals surface area contributed by atoms with Crippen LogP contribution in [0.4, 0.5) is 5.82 Å². The first-order chi connectivity index (χ1) is 9.29. The Balaban J connectivity index is 1.99. The van der Waals surface area contributed by atoms with Crippen molar-refractivity contribution in [2.45, 2.75) is 38.4 Å². The van der Waals surface area contributed by atoms with E-state index < -0.39 is 0 Å². The molecule has 5 nitrogen and oxygen atoms in total. The molecule has 0 aliphatic carbocycles. The predicted octanol–water partition coefficient (Wildman–Crippen LogP) is 1.33. The lowest BCUT2D eigenvalue weighted by Crippen LogP contribution is -2.19. The fourth-order valence-electron chi connectivity index (χ4n) is 2.83. The molecule has 1 aromatic heterocycles. The number of rotatable bonds is 2. The van der Waals surface area contributed by atoms with Gasteiger partial charge in [-0.15, -0.1) is 0 Å². The van der Waals surface area contributed by atoms with Crippen molar-refractivity contribution in [3.05, 3.63) is 22.4 Å². The highest BCUT2D eigenvalue weighted by Gasteiger charge is 2.24. The number of hydrogen-bond acceptors (Lipinski definition) is 5. The number of nitriles is 1. The maximum absolute atomic E-state index is 9.43. The Morgan fingerprint density at radius 1 is 1.37 bits per heavy atom. The summed E-state index contributed by atoms with van der Waals surface area (Å²) in [5.74, 6) is 0.502. The molecule has 19 heavy (non-hydrogen) atoms. The van der Waals surface area contributed by atoms with Crippen LogP contribution in [0.2, 0.25) is 0 Å². The van der Waals surface area contributed by atoms with Crippen LogP contribution >= 0.6 is 0 Å². The zero-order chi connectivity index (χ0) is 13.2. The Kier molecular flexibility index (Phi) is 3.36. The van der Waals surface area contributed by atoms with Gasteiger partial charge >= 0.3 is 0 Å². The monoisotopic (exact) mass is 259 g/mol. The molecule has 0 amide bonds. The molecule has 1 aromatic rings. The second-order valence-corrected chi connectivity index (χ2v) is 5.03. The van der Waals surface area contributed by atoms with E-state index in [0.29, 0.717) is 31.0 Å². The quantitative estimate of drug-likeness (QED) is 0.866. The number of pyridine rings is 1. The van der Waals surface area contributed by atoms with Crippen LogP contribution in [0.5, 0.6) is 0 Å². The van der Waals surface area contributed by atoms with E-state index in [4.69, 9.17) is 15.2 Å². The van der Waals surface area contributed by atoms with Crippen molar-refractivity contribution in [3.63, 3.8) is 0 Å². The third-order valence-corrected chi connectivity index (χ3v) is 3.82. The summed E-state index contributed by atoms with van der Waals surface area (Å²) >= 11 is 0. The fourth-order valence-corrected chi connectivity index (χ4v) is 2.83. The molecule has 2 N–H and O–H groups in total. The number of hydrogen-bond donors (Lipinski definition) is 1. The minimum atomic E-state index is 0.178. The Labute approximate surface area is 112 Å². The number of fused-ring (bicyclic) bond motifs is 1. The van der Waals surface area contributed by atoms with Gasteiger partial charge in [-0.05, 0) is 24.8 Å². The molecule has 100 valence electrons. The number of ether oxygens (including phenoxy) is 2. The molecule has 1 unspecified atom stereocenters. The van der Waals surface area contributed by atoms with Gasteiger partial charge in [0, 0.05) is 18.6 Å². The molecule has 2 aliphatic heterocycles. The van der Waals surface area contributed by atoms with Crippen LogP contribution in [-0.2, 0) is 28.9 Å². The van der Waals surface area contributed by atoms with Gasteiger partial charge in [0.25, 0.3) is 0 Å². The van der Waals surface area contributed by atoms with E-state index in [0.717, 1.165) is 42.7 Å². The highest BCUT2D eigenvalue weighted by Crippen LogP contribution is 2.28. The molecule has 0 aromatic carbocycles. The van der Waals surface area contributed by atoms with Crippen LogP contribution in [0.15, 0.2) is 0 Å². The lowest BCUT2D eigenvalue weighted by atomic mass is 9.95. The highest BCUT2D eigenvalue weighted by molar-refractivity contribution is 5.55. The van der Waals surface area contributed by atoms with Crippen LogP contribution in [0.25, 0.3) is 0 Å². The summed E-state index contributed by atoms with van der Waals surface area (Å²) in [6.45, 7) is 1.91. The molecule has 1 fully saturated rings. The van der Waals surface area contributed by atoms with Crippen molar-refractivity contribution in [3.8, 4) is 6.07 Å². The van der Waals surface area contributed by atoms with Crippen LogP contribution < -0.4 is 5.73 Å². The molecule has 1 atom stereocenters. The smallest absolute Gasteiger partial charge is 0.129 e. The third-order valence-electron chi connectivity index (χ3n) is 3.82. The topological polar surface area (TPSA) is 81.2 Å². The Morgan fingerprint density at radius 2 is 2.26 bits per heavy atom. The van der Waals surface area contributed by atoms with E-state index in [1.807, 2.05) is 0 Å². The standard InChI is InChI=1S/C14H17N3O2/c15-7-11-10-3-5-18-8-12(10)14(16)17-13(11)6-9-2-1-4-19-9/h9H,1-6,8H2,(H2,16,17). The minimum Gasteiger partial charge on any atom is -0.383 e. The van der Waals surface area contributed by atoms with E-state index in [-0.39, 0.29) is 6.10 Å². The number of nitrogens with two attached hydrogens (primary N) is 1. The van der Waals surface area contributed by atoms with E-state index in [2.05, 4.69) is 11.1 Å². The Hall–Kier alpha value is -1.64. The second-order valence-electron chi connectivity index (χ2n) is 5.03. The van der Waals surface area contributed by atoms with Crippen molar-refractivity contribution in [1.29, 1.82) is 5.26 Å². The first-order valence-electron chi connectivity index (χ1n) is 6.69. The van der Waals surface area contributed by atoms with E-state index >= 15 is 0 Å². The van der Waals surface area contributed by atoms with Gasteiger partial charge in [-0.1, -0.05) is 0 Å². The minimum absolute atomic E-state index is 0.178. The van der Waals surface area contributed by atoms with E-state index in [9.17, 15) is 5.26 Å². The van der Waals surface area contributed by atoms with Gasteiger partial charge in [0.2, 0.25) is 0 Å². The maximum Gasteiger partial charge on any atom is 0.129 e. The van der Waals surface area contributed by atoms with E-state index in [1.54, 1.807) is 0 Å².